The lowest BCUT2D eigenvalue weighted by Gasteiger charge is -2.15. The van der Waals surface area contributed by atoms with Gasteiger partial charge < -0.3 is 15.2 Å². The molecule has 3 aromatic carbocycles. The Labute approximate surface area is 205 Å². The molecule has 0 unspecified atom stereocenters. The van der Waals surface area contributed by atoms with Gasteiger partial charge in [-0.2, -0.15) is 0 Å². The number of anilines is 1. The van der Waals surface area contributed by atoms with Crippen molar-refractivity contribution in [2.24, 2.45) is 0 Å². The number of hydrogen-bond donors (Lipinski definition) is 1. The molecule has 0 saturated carbocycles. The van der Waals surface area contributed by atoms with E-state index < -0.39 is 0 Å². The molecule has 1 fully saturated rings. The van der Waals surface area contributed by atoms with Crippen LogP contribution in [0.25, 0.3) is 22.0 Å². The largest absolute Gasteiger partial charge is 0.399 e. The van der Waals surface area contributed by atoms with Crippen molar-refractivity contribution in [2.75, 3.05) is 25.4 Å². The first-order valence-electron chi connectivity index (χ1n) is 11.5. The van der Waals surface area contributed by atoms with Crippen LogP contribution in [0.1, 0.15) is 18.4 Å². The average Bonchev–Trinajstić information content (AvgIpc) is 3.52. The summed E-state index contributed by atoms with van der Waals surface area (Å²) in [5.41, 5.74) is 10.9. The molecule has 1 saturated heterocycles. The van der Waals surface area contributed by atoms with Crippen molar-refractivity contribution in [3.63, 3.8) is 0 Å². The number of likely N-dealkylation sites (tertiary alicyclic amines) is 1. The lowest BCUT2D eigenvalue weighted by Crippen LogP contribution is -2.23. The second-order valence-corrected chi connectivity index (χ2v) is 8.78. The van der Waals surface area contributed by atoms with Gasteiger partial charge >= 0.3 is 0 Å². The molecule has 0 bridgehead atoms. The predicted octanol–water partition coefficient (Wildman–Crippen LogP) is 5.88. The number of halogens is 1. The molecular weight excluding hydrogens is 442 g/mol. The first kappa shape index (κ1) is 23.6. The maximum atomic E-state index is 10.1. The second-order valence-electron chi connectivity index (χ2n) is 8.35. The number of carbonyl (C=O) groups is 1. The minimum Gasteiger partial charge on any atom is -0.399 e. The highest BCUT2D eigenvalue weighted by atomic mass is 35.5. The van der Waals surface area contributed by atoms with Gasteiger partial charge in [0.1, 0.15) is 0 Å². The first-order chi connectivity index (χ1) is 16.6. The van der Waals surface area contributed by atoms with E-state index in [9.17, 15) is 4.79 Å². The van der Waals surface area contributed by atoms with Crippen molar-refractivity contribution in [2.45, 2.75) is 19.4 Å². The number of hydrogen-bond acceptors (Lipinski definition) is 3. The molecule has 0 radical (unpaired) electrons. The van der Waals surface area contributed by atoms with Crippen LogP contribution in [0.5, 0.6) is 0 Å². The van der Waals surface area contributed by atoms with Crippen molar-refractivity contribution >= 4 is 34.5 Å². The Hall–Kier alpha value is -3.52. The molecule has 1 aromatic heterocycles. The first-order valence-corrected chi connectivity index (χ1v) is 11.9. The molecule has 1 aliphatic heterocycles. The molecule has 5 rings (SSSR count). The number of aldehydes is 1. The molecule has 4 aromatic rings. The van der Waals surface area contributed by atoms with Gasteiger partial charge in [0.2, 0.25) is 0 Å². The van der Waals surface area contributed by atoms with E-state index >= 15 is 0 Å². The SMILES string of the molecule is Nc1ccc2c(ccn2CCN2CCCC2)c1.O=CC#Cc1ccc(-c2ccc(Cl)cc2)cc1. The molecule has 34 heavy (non-hydrogen) atoms. The fourth-order valence-corrected chi connectivity index (χ4v) is 4.30. The van der Waals surface area contributed by atoms with Crippen LogP contribution in [0.15, 0.2) is 79.0 Å². The summed E-state index contributed by atoms with van der Waals surface area (Å²) in [5.74, 6) is 5.13. The summed E-state index contributed by atoms with van der Waals surface area (Å²) in [4.78, 5) is 12.7. The van der Waals surface area contributed by atoms with Crippen LogP contribution in [0.3, 0.4) is 0 Å². The number of rotatable bonds is 4. The van der Waals surface area contributed by atoms with E-state index in [1.165, 1.54) is 36.8 Å². The molecule has 2 N–H and O–H groups in total. The monoisotopic (exact) mass is 469 g/mol. The summed E-state index contributed by atoms with van der Waals surface area (Å²) in [6.07, 6.45) is 5.49. The van der Waals surface area contributed by atoms with Crippen molar-refractivity contribution < 1.29 is 4.79 Å². The van der Waals surface area contributed by atoms with Crippen molar-refractivity contribution in [1.29, 1.82) is 0 Å². The lowest BCUT2D eigenvalue weighted by molar-refractivity contribution is -0.103. The van der Waals surface area contributed by atoms with E-state index in [1.807, 2.05) is 60.7 Å². The number of nitrogens with zero attached hydrogens (tertiary/aromatic N) is 2. The quantitative estimate of drug-likeness (QED) is 0.231. The van der Waals surface area contributed by atoms with E-state index in [0.717, 1.165) is 40.5 Å². The van der Waals surface area contributed by atoms with E-state index in [-0.39, 0.29) is 0 Å². The van der Waals surface area contributed by atoms with Crippen LogP contribution in [0.2, 0.25) is 5.02 Å². The van der Waals surface area contributed by atoms with Gasteiger partial charge in [0, 0.05) is 46.5 Å². The molecule has 4 nitrogen and oxygen atoms in total. The van der Waals surface area contributed by atoms with Gasteiger partial charge in [-0.3, -0.25) is 4.79 Å². The molecule has 2 heterocycles. The molecule has 0 amide bonds. The summed E-state index contributed by atoms with van der Waals surface area (Å²) in [5, 5.41) is 1.97. The van der Waals surface area contributed by atoms with Crippen LogP contribution in [-0.4, -0.2) is 35.4 Å². The summed E-state index contributed by atoms with van der Waals surface area (Å²) >= 11 is 5.83. The summed E-state index contributed by atoms with van der Waals surface area (Å²) in [6, 6.07) is 23.7. The van der Waals surface area contributed by atoms with E-state index in [2.05, 4.69) is 39.6 Å². The van der Waals surface area contributed by atoms with Crippen LogP contribution in [-0.2, 0) is 11.3 Å². The van der Waals surface area contributed by atoms with Gasteiger partial charge in [-0.05, 0) is 91.5 Å². The molecule has 0 atom stereocenters. The fraction of sp³-hybridized carbons (Fsp3) is 0.207. The maximum absolute atomic E-state index is 10.1. The van der Waals surface area contributed by atoms with Crippen LogP contribution < -0.4 is 5.73 Å². The molecular formula is C29H28ClN3O. The highest BCUT2D eigenvalue weighted by Gasteiger charge is 2.11. The Morgan fingerprint density at radius 2 is 1.56 bits per heavy atom. The predicted molar refractivity (Wildman–Crippen MR) is 142 cm³/mol. The van der Waals surface area contributed by atoms with E-state index in [1.54, 1.807) is 0 Å². The third-order valence-electron chi connectivity index (χ3n) is 5.99. The molecule has 0 spiro atoms. The lowest BCUT2D eigenvalue weighted by atomic mass is 10.0. The minimum atomic E-state index is 0.590. The van der Waals surface area contributed by atoms with E-state index in [4.69, 9.17) is 17.3 Å². The number of nitrogen functional groups attached to an aromatic ring is 1. The van der Waals surface area contributed by atoms with Crippen molar-refractivity contribution in [3.05, 3.63) is 89.6 Å². The Bertz CT molecular complexity index is 1290. The number of aromatic nitrogens is 1. The van der Waals surface area contributed by atoms with Crippen LogP contribution >= 0.6 is 11.6 Å². The number of benzene rings is 3. The highest BCUT2D eigenvalue weighted by molar-refractivity contribution is 6.30. The average molecular weight is 470 g/mol. The van der Waals surface area contributed by atoms with Gasteiger partial charge in [0.25, 0.3) is 0 Å². The van der Waals surface area contributed by atoms with Gasteiger partial charge in [0.15, 0.2) is 6.29 Å². The third kappa shape index (κ3) is 6.29. The van der Waals surface area contributed by atoms with E-state index in [0.29, 0.717) is 6.29 Å². The molecule has 0 aliphatic carbocycles. The Morgan fingerprint density at radius 3 is 2.24 bits per heavy atom. The Kier molecular flexibility index (Phi) is 8.04. The Morgan fingerprint density at radius 1 is 0.882 bits per heavy atom. The van der Waals surface area contributed by atoms with Crippen LogP contribution in [0, 0.1) is 11.8 Å². The van der Waals surface area contributed by atoms with Crippen molar-refractivity contribution in [1.82, 2.24) is 9.47 Å². The standard InChI is InChI=1S/C15H9ClO.C14H19N3/c16-15-9-7-14(8-10-15)13-5-3-12(4-6-13)2-1-11-17;15-13-3-4-14-12(11-13)5-8-17(14)10-9-16-6-1-2-7-16/h3-11H;3-5,8,11H,1-2,6-7,9-10,15H2. The van der Waals surface area contributed by atoms with Gasteiger partial charge in [-0.1, -0.05) is 41.8 Å². The fourth-order valence-electron chi connectivity index (χ4n) is 4.17. The zero-order valence-electron chi connectivity index (χ0n) is 19.1. The number of carbonyl (C=O) groups excluding carboxylic acids is 1. The zero-order chi connectivity index (χ0) is 23.8. The van der Waals surface area contributed by atoms with Gasteiger partial charge in [-0.15, -0.1) is 0 Å². The number of nitrogens with two attached hydrogens (primary N) is 1. The summed E-state index contributed by atoms with van der Waals surface area (Å²) in [7, 11) is 0. The normalized spacial score (nSPS) is 13.1. The molecule has 1 aliphatic rings. The summed E-state index contributed by atoms with van der Waals surface area (Å²) < 4.78 is 2.33. The molecule has 5 heteroatoms. The number of fused-ring (bicyclic) bond motifs is 1. The Balaban J connectivity index is 0.000000161. The second kappa shape index (κ2) is 11.6. The third-order valence-corrected chi connectivity index (χ3v) is 6.24. The summed E-state index contributed by atoms with van der Waals surface area (Å²) in [6.45, 7) is 4.78. The smallest absolute Gasteiger partial charge is 0.193 e. The zero-order valence-corrected chi connectivity index (χ0v) is 19.8. The topological polar surface area (TPSA) is 51.3 Å². The minimum absolute atomic E-state index is 0.590. The maximum Gasteiger partial charge on any atom is 0.193 e. The highest BCUT2D eigenvalue weighted by Crippen LogP contribution is 2.22. The van der Waals surface area contributed by atoms with Crippen LogP contribution in [0.4, 0.5) is 5.69 Å². The van der Waals surface area contributed by atoms with Gasteiger partial charge in [-0.25, -0.2) is 0 Å². The molecule has 172 valence electrons. The van der Waals surface area contributed by atoms with Crippen molar-refractivity contribution in [3.8, 4) is 23.0 Å². The van der Waals surface area contributed by atoms with Gasteiger partial charge in [0.05, 0.1) is 0 Å².